The Morgan fingerprint density at radius 2 is 2.18 bits per heavy atom. The summed E-state index contributed by atoms with van der Waals surface area (Å²) in [6, 6.07) is 11.9. The third kappa shape index (κ3) is 4.77. The smallest absolute Gasteiger partial charge is 0.188 e. The van der Waals surface area contributed by atoms with Crippen LogP contribution in [0.4, 0.5) is 0 Å². The lowest BCUT2D eigenvalue weighted by molar-refractivity contribution is 0.411. The molecule has 0 aliphatic carbocycles. The SMILES string of the molecule is COc1cc(CN=C(N)NCCc2ccccn2)ccc1C. The van der Waals surface area contributed by atoms with Gasteiger partial charge in [-0.15, -0.1) is 0 Å². The van der Waals surface area contributed by atoms with E-state index >= 15 is 0 Å². The molecule has 0 aliphatic heterocycles. The van der Waals surface area contributed by atoms with Crippen LogP contribution >= 0.6 is 0 Å². The van der Waals surface area contributed by atoms with E-state index in [2.05, 4.69) is 15.3 Å². The third-order valence-electron chi connectivity index (χ3n) is 3.32. The molecule has 5 heteroatoms. The second-order valence-electron chi connectivity index (χ2n) is 5.00. The average molecular weight is 298 g/mol. The van der Waals surface area contributed by atoms with Gasteiger partial charge >= 0.3 is 0 Å². The monoisotopic (exact) mass is 298 g/mol. The van der Waals surface area contributed by atoms with E-state index in [0.29, 0.717) is 19.0 Å². The molecular weight excluding hydrogens is 276 g/mol. The zero-order valence-corrected chi connectivity index (χ0v) is 13.0. The van der Waals surface area contributed by atoms with E-state index in [4.69, 9.17) is 10.5 Å². The normalized spacial score (nSPS) is 11.3. The number of pyridine rings is 1. The number of aliphatic imine (C=N–C) groups is 1. The summed E-state index contributed by atoms with van der Waals surface area (Å²) in [5.41, 5.74) is 9.08. The van der Waals surface area contributed by atoms with E-state index in [1.54, 1.807) is 13.3 Å². The Morgan fingerprint density at radius 1 is 1.32 bits per heavy atom. The van der Waals surface area contributed by atoms with Crippen molar-refractivity contribution in [1.29, 1.82) is 0 Å². The first-order valence-corrected chi connectivity index (χ1v) is 7.26. The fraction of sp³-hybridized carbons (Fsp3) is 0.294. The quantitative estimate of drug-likeness (QED) is 0.632. The number of ether oxygens (including phenoxy) is 1. The van der Waals surface area contributed by atoms with Gasteiger partial charge in [-0.1, -0.05) is 18.2 Å². The third-order valence-corrected chi connectivity index (χ3v) is 3.32. The molecule has 0 bridgehead atoms. The van der Waals surface area contributed by atoms with Gasteiger partial charge in [-0.05, 0) is 36.2 Å². The molecule has 0 saturated carbocycles. The predicted molar refractivity (Wildman–Crippen MR) is 89.0 cm³/mol. The van der Waals surface area contributed by atoms with Gasteiger partial charge in [0.1, 0.15) is 5.75 Å². The predicted octanol–water partition coefficient (Wildman–Crippen LogP) is 2.05. The minimum Gasteiger partial charge on any atom is -0.496 e. The minimum absolute atomic E-state index is 0.440. The number of benzene rings is 1. The summed E-state index contributed by atoms with van der Waals surface area (Å²) < 4.78 is 5.30. The van der Waals surface area contributed by atoms with Gasteiger partial charge in [-0.2, -0.15) is 0 Å². The van der Waals surface area contributed by atoms with Crippen molar-refractivity contribution in [3.8, 4) is 5.75 Å². The number of hydrogen-bond donors (Lipinski definition) is 2. The highest BCUT2D eigenvalue weighted by atomic mass is 16.5. The summed E-state index contributed by atoms with van der Waals surface area (Å²) in [5.74, 6) is 1.31. The van der Waals surface area contributed by atoms with Crippen LogP contribution in [0.25, 0.3) is 0 Å². The first-order valence-electron chi connectivity index (χ1n) is 7.26. The molecule has 0 spiro atoms. The number of aryl methyl sites for hydroxylation is 1. The van der Waals surface area contributed by atoms with E-state index in [1.807, 2.05) is 43.3 Å². The van der Waals surface area contributed by atoms with E-state index in [-0.39, 0.29) is 0 Å². The first-order chi connectivity index (χ1) is 10.7. The van der Waals surface area contributed by atoms with Crippen LogP contribution in [0.3, 0.4) is 0 Å². The molecule has 0 aliphatic rings. The number of nitrogens with one attached hydrogen (secondary N) is 1. The number of methoxy groups -OCH3 is 1. The summed E-state index contributed by atoms with van der Waals surface area (Å²) in [6.45, 7) is 3.25. The van der Waals surface area contributed by atoms with Gasteiger partial charge in [0.2, 0.25) is 0 Å². The van der Waals surface area contributed by atoms with Crippen molar-refractivity contribution in [3.63, 3.8) is 0 Å². The topological polar surface area (TPSA) is 72.5 Å². The van der Waals surface area contributed by atoms with Gasteiger partial charge in [0.15, 0.2) is 5.96 Å². The van der Waals surface area contributed by atoms with Crippen LogP contribution in [0, 0.1) is 6.92 Å². The van der Waals surface area contributed by atoms with Crippen molar-refractivity contribution in [2.24, 2.45) is 10.7 Å². The summed E-state index contributed by atoms with van der Waals surface area (Å²) >= 11 is 0. The summed E-state index contributed by atoms with van der Waals surface area (Å²) in [6.07, 6.45) is 2.60. The fourth-order valence-corrected chi connectivity index (χ4v) is 2.06. The van der Waals surface area contributed by atoms with Crippen molar-refractivity contribution < 1.29 is 4.74 Å². The zero-order valence-electron chi connectivity index (χ0n) is 13.0. The molecule has 0 saturated heterocycles. The second kappa shape index (κ2) is 8.02. The van der Waals surface area contributed by atoms with E-state index in [0.717, 1.165) is 29.0 Å². The summed E-state index contributed by atoms with van der Waals surface area (Å²) in [4.78, 5) is 8.60. The van der Waals surface area contributed by atoms with Crippen molar-refractivity contribution in [3.05, 3.63) is 59.4 Å². The highest BCUT2D eigenvalue weighted by Crippen LogP contribution is 2.19. The molecule has 1 heterocycles. The van der Waals surface area contributed by atoms with Crippen LogP contribution in [0.15, 0.2) is 47.6 Å². The standard InChI is InChI=1S/C17H22N4O/c1-13-6-7-14(11-16(13)22-2)12-21-17(18)20-10-8-15-5-3-4-9-19-15/h3-7,9,11H,8,10,12H2,1-2H3,(H3,18,20,21). The van der Waals surface area contributed by atoms with E-state index < -0.39 is 0 Å². The van der Waals surface area contributed by atoms with Crippen LogP contribution in [0.2, 0.25) is 0 Å². The van der Waals surface area contributed by atoms with Gasteiger partial charge in [0.05, 0.1) is 13.7 Å². The molecule has 0 fully saturated rings. The number of guanidine groups is 1. The molecule has 0 amide bonds. The van der Waals surface area contributed by atoms with Crippen LogP contribution in [0.1, 0.15) is 16.8 Å². The number of nitrogens with zero attached hydrogens (tertiary/aromatic N) is 2. The van der Waals surface area contributed by atoms with Crippen LogP contribution in [0.5, 0.6) is 5.75 Å². The lowest BCUT2D eigenvalue weighted by Crippen LogP contribution is -2.33. The molecule has 3 N–H and O–H groups in total. The Morgan fingerprint density at radius 3 is 2.91 bits per heavy atom. The van der Waals surface area contributed by atoms with Gasteiger partial charge in [-0.3, -0.25) is 4.98 Å². The Kier molecular flexibility index (Phi) is 5.77. The number of rotatable bonds is 6. The largest absolute Gasteiger partial charge is 0.496 e. The molecule has 2 aromatic rings. The first kappa shape index (κ1) is 15.8. The summed E-state index contributed by atoms with van der Waals surface area (Å²) in [5, 5.41) is 3.10. The molecule has 22 heavy (non-hydrogen) atoms. The minimum atomic E-state index is 0.440. The van der Waals surface area contributed by atoms with Crippen LogP contribution in [-0.4, -0.2) is 24.6 Å². The number of aromatic nitrogens is 1. The maximum atomic E-state index is 5.87. The Bertz CT molecular complexity index is 626. The molecule has 0 unspecified atom stereocenters. The van der Waals surface area contributed by atoms with Crippen LogP contribution in [-0.2, 0) is 13.0 Å². The zero-order chi connectivity index (χ0) is 15.8. The van der Waals surface area contributed by atoms with Gasteiger partial charge in [0, 0.05) is 24.9 Å². The van der Waals surface area contributed by atoms with Crippen molar-refractivity contribution in [2.75, 3.05) is 13.7 Å². The number of hydrogen-bond acceptors (Lipinski definition) is 3. The Labute approximate surface area is 131 Å². The molecular formula is C17H22N4O. The maximum Gasteiger partial charge on any atom is 0.188 e. The average Bonchev–Trinajstić information content (AvgIpc) is 2.55. The molecule has 2 rings (SSSR count). The lowest BCUT2D eigenvalue weighted by atomic mass is 10.1. The van der Waals surface area contributed by atoms with Crippen molar-refractivity contribution >= 4 is 5.96 Å². The lowest BCUT2D eigenvalue weighted by Gasteiger charge is -2.07. The second-order valence-corrected chi connectivity index (χ2v) is 5.00. The maximum absolute atomic E-state index is 5.87. The van der Waals surface area contributed by atoms with Gasteiger partial charge < -0.3 is 15.8 Å². The van der Waals surface area contributed by atoms with Crippen molar-refractivity contribution in [1.82, 2.24) is 10.3 Å². The fourth-order valence-electron chi connectivity index (χ4n) is 2.06. The molecule has 0 atom stereocenters. The molecule has 116 valence electrons. The molecule has 1 aromatic carbocycles. The molecule has 1 aromatic heterocycles. The van der Waals surface area contributed by atoms with Gasteiger partial charge in [-0.25, -0.2) is 4.99 Å². The summed E-state index contributed by atoms with van der Waals surface area (Å²) in [7, 11) is 1.67. The highest BCUT2D eigenvalue weighted by molar-refractivity contribution is 5.77. The van der Waals surface area contributed by atoms with Crippen LogP contribution < -0.4 is 15.8 Å². The Hall–Kier alpha value is -2.56. The van der Waals surface area contributed by atoms with E-state index in [9.17, 15) is 0 Å². The molecule has 0 radical (unpaired) electrons. The van der Waals surface area contributed by atoms with E-state index in [1.165, 1.54) is 0 Å². The van der Waals surface area contributed by atoms with Gasteiger partial charge in [0.25, 0.3) is 0 Å². The Balaban J connectivity index is 1.82. The molecule has 5 nitrogen and oxygen atoms in total. The highest BCUT2D eigenvalue weighted by Gasteiger charge is 2.00. The number of nitrogens with two attached hydrogens (primary N) is 1. The van der Waals surface area contributed by atoms with Crippen molar-refractivity contribution in [2.45, 2.75) is 19.9 Å².